The van der Waals surface area contributed by atoms with Crippen LogP contribution in [0.3, 0.4) is 0 Å². The van der Waals surface area contributed by atoms with E-state index in [9.17, 15) is 4.39 Å². The zero-order valence-corrected chi connectivity index (χ0v) is 11.3. The minimum Gasteiger partial charge on any atom is -0.368 e. The summed E-state index contributed by atoms with van der Waals surface area (Å²) in [6.07, 6.45) is 3.27. The van der Waals surface area contributed by atoms with Crippen molar-refractivity contribution in [2.24, 2.45) is 11.3 Å². The molecule has 5 heteroatoms. The Morgan fingerprint density at radius 1 is 1.33 bits per heavy atom. The van der Waals surface area contributed by atoms with E-state index in [-0.39, 0.29) is 5.95 Å². The maximum Gasteiger partial charge on any atom is 0.222 e. The van der Waals surface area contributed by atoms with Gasteiger partial charge in [-0.3, -0.25) is 0 Å². The number of hydrogen-bond acceptors (Lipinski definition) is 4. The summed E-state index contributed by atoms with van der Waals surface area (Å²) in [6.45, 7) is 8.44. The molecule has 4 nitrogen and oxygen atoms in total. The van der Waals surface area contributed by atoms with E-state index in [1.165, 1.54) is 0 Å². The number of nitrogen functional groups attached to an aromatic ring is 1. The van der Waals surface area contributed by atoms with Crippen LogP contribution in [0.25, 0.3) is 0 Å². The molecule has 0 atom stereocenters. The molecule has 0 saturated carbocycles. The molecule has 0 radical (unpaired) electrons. The van der Waals surface area contributed by atoms with Gasteiger partial charge in [-0.1, -0.05) is 20.8 Å². The maximum absolute atomic E-state index is 13.7. The molecule has 0 aromatic carbocycles. The number of rotatable bonds is 1. The molecule has 0 unspecified atom stereocenters. The van der Waals surface area contributed by atoms with Crippen molar-refractivity contribution < 1.29 is 4.39 Å². The van der Waals surface area contributed by atoms with Gasteiger partial charge in [0.25, 0.3) is 0 Å². The zero-order chi connectivity index (χ0) is 13.3. The van der Waals surface area contributed by atoms with Gasteiger partial charge < -0.3 is 10.6 Å². The zero-order valence-electron chi connectivity index (χ0n) is 11.3. The van der Waals surface area contributed by atoms with E-state index in [0.717, 1.165) is 32.1 Å². The predicted octanol–water partition coefficient (Wildman–Crippen LogP) is 2.46. The Hall–Kier alpha value is -1.39. The van der Waals surface area contributed by atoms with Gasteiger partial charge in [0.1, 0.15) is 0 Å². The van der Waals surface area contributed by atoms with Crippen LogP contribution in [0, 0.1) is 17.2 Å². The summed E-state index contributed by atoms with van der Waals surface area (Å²) in [6, 6.07) is 0. The Labute approximate surface area is 107 Å². The minimum atomic E-state index is -0.390. The molecule has 1 saturated heterocycles. The van der Waals surface area contributed by atoms with Gasteiger partial charge in [0, 0.05) is 13.1 Å². The third kappa shape index (κ3) is 2.71. The molecule has 1 fully saturated rings. The van der Waals surface area contributed by atoms with Crippen LogP contribution in [0.4, 0.5) is 16.2 Å². The molecule has 1 aromatic heterocycles. The highest BCUT2D eigenvalue weighted by molar-refractivity contribution is 5.42. The lowest BCUT2D eigenvalue weighted by atomic mass is 9.75. The number of piperidine rings is 1. The molecule has 2 heterocycles. The van der Waals surface area contributed by atoms with Crippen LogP contribution in [0.5, 0.6) is 0 Å². The Balaban J connectivity index is 2.08. The van der Waals surface area contributed by atoms with Gasteiger partial charge in [-0.05, 0) is 24.2 Å². The summed E-state index contributed by atoms with van der Waals surface area (Å²) in [5.41, 5.74) is 5.83. The van der Waals surface area contributed by atoms with Crippen molar-refractivity contribution in [3.05, 3.63) is 12.0 Å². The van der Waals surface area contributed by atoms with Crippen LogP contribution in [0.15, 0.2) is 6.20 Å². The molecular formula is C13H21FN4. The summed E-state index contributed by atoms with van der Waals surface area (Å²) in [5, 5.41) is 0. The molecule has 0 spiro atoms. The highest BCUT2D eigenvalue weighted by Crippen LogP contribution is 2.35. The van der Waals surface area contributed by atoms with Crippen molar-refractivity contribution in [3.63, 3.8) is 0 Å². The number of hydrogen-bond donors (Lipinski definition) is 1. The third-order valence-electron chi connectivity index (χ3n) is 3.76. The molecule has 1 aliphatic rings. The molecule has 1 aliphatic heterocycles. The number of nitrogens with zero attached hydrogens (tertiary/aromatic N) is 3. The van der Waals surface area contributed by atoms with Crippen molar-refractivity contribution in [2.75, 3.05) is 23.7 Å². The van der Waals surface area contributed by atoms with Gasteiger partial charge in [0.15, 0.2) is 11.6 Å². The standard InChI is InChI=1S/C13H21FN4/c1-13(2,3)9-4-6-18(7-5-9)11-10(14)8-16-12(15)17-11/h8-9H,4-7H2,1-3H3,(H2,15,16,17). The summed E-state index contributed by atoms with van der Waals surface area (Å²) < 4.78 is 13.7. The van der Waals surface area contributed by atoms with Crippen LogP contribution >= 0.6 is 0 Å². The first-order valence-electron chi connectivity index (χ1n) is 6.41. The lowest BCUT2D eigenvalue weighted by Crippen LogP contribution is -2.39. The summed E-state index contributed by atoms with van der Waals surface area (Å²) in [7, 11) is 0. The highest BCUT2D eigenvalue weighted by atomic mass is 19.1. The van der Waals surface area contributed by atoms with Gasteiger partial charge in [0.05, 0.1) is 6.20 Å². The molecular weight excluding hydrogens is 231 g/mol. The average molecular weight is 252 g/mol. The first-order chi connectivity index (χ1) is 8.38. The Morgan fingerprint density at radius 3 is 2.50 bits per heavy atom. The normalized spacial score (nSPS) is 18.1. The van der Waals surface area contributed by atoms with Crippen LogP contribution < -0.4 is 10.6 Å². The number of aromatic nitrogens is 2. The van der Waals surface area contributed by atoms with E-state index in [1.54, 1.807) is 0 Å². The quantitative estimate of drug-likeness (QED) is 0.834. The molecule has 2 N–H and O–H groups in total. The lowest BCUT2D eigenvalue weighted by Gasteiger charge is -2.39. The number of halogens is 1. The molecule has 1 aromatic rings. The van der Waals surface area contributed by atoms with E-state index in [0.29, 0.717) is 17.2 Å². The van der Waals surface area contributed by atoms with Crippen molar-refractivity contribution in [2.45, 2.75) is 33.6 Å². The molecule has 2 rings (SSSR count). The van der Waals surface area contributed by atoms with Crippen molar-refractivity contribution >= 4 is 11.8 Å². The Kier molecular flexibility index (Phi) is 3.41. The van der Waals surface area contributed by atoms with Crippen LogP contribution in [0.2, 0.25) is 0 Å². The van der Waals surface area contributed by atoms with Crippen LogP contribution in [0.1, 0.15) is 33.6 Å². The number of nitrogens with two attached hydrogens (primary N) is 1. The molecule has 0 aliphatic carbocycles. The second kappa shape index (κ2) is 4.71. The monoisotopic (exact) mass is 252 g/mol. The second-order valence-corrected chi connectivity index (χ2v) is 6.03. The largest absolute Gasteiger partial charge is 0.368 e. The van der Waals surface area contributed by atoms with E-state index in [4.69, 9.17) is 5.73 Å². The van der Waals surface area contributed by atoms with Crippen molar-refractivity contribution in [1.29, 1.82) is 0 Å². The van der Waals surface area contributed by atoms with Crippen molar-refractivity contribution in [1.82, 2.24) is 9.97 Å². The Bertz CT molecular complexity index is 419. The summed E-state index contributed by atoms with van der Waals surface area (Å²) >= 11 is 0. The van der Waals surface area contributed by atoms with Gasteiger partial charge in [0.2, 0.25) is 5.95 Å². The van der Waals surface area contributed by atoms with E-state index in [2.05, 4.69) is 30.7 Å². The fraction of sp³-hybridized carbons (Fsp3) is 0.692. The van der Waals surface area contributed by atoms with Gasteiger partial charge >= 0.3 is 0 Å². The van der Waals surface area contributed by atoms with E-state index >= 15 is 0 Å². The van der Waals surface area contributed by atoms with Gasteiger partial charge in [-0.25, -0.2) is 9.37 Å². The van der Waals surface area contributed by atoms with Gasteiger partial charge in [-0.2, -0.15) is 4.98 Å². The second-order valence-electron chi connectivity index (χ2n) is 6.03. The predicted molar refractivity (Wildman–Crippen MR) is 70.8 cm³/mol. The van der Waals surface area contributed by atoms with E-state index in [1.807, 2.05) is 4.90 Å². The lowest BCUT2D eigenvalue weighted by molar-refractivity contribution is 0.198. The fourth-order valence-electron chi connectivity index (χ4n) is 2.55. The minimum absolute atomic E-state index is 0.129. The maximum atomic E-state index is 13.7. The molecule has 0 bridgehead atoms. The first kappa shape index (κ1) is 13.1. The highest BCUT2D eigenvalue weighted by Gasteiger charge is 2.30. The molecule has 100 valence electrons. The van der Waals surface area contributed by atoms with Gasteiger partial charge in [-0.15, -0.1) is 0 Å². The SMILES string of the molecule is CC(C)(C)C1CCN(c2nc(N)ncc2F)CC1. The topological polar surface area (TPSA) is 55.0 Å². The smallest absolute Gasteiger partial charge is 0.222 e. The average Bonchev–Trinajstić information content (AvgIpc) is 2.31. The van der Waals surface area contributed by atoms with E-state index < -0.39 is 5.82 Å². The Morgan fingerprint density at radius 2 is 1.94 bits per heavy atom. The number of anilines is 2. The molecule has 0 amide bonds. The molecule has 18 heavy (non-hydrogen) atoms. The summed E-state index contributed by atoms with van der Waals surface area (Å²) in [5.74, 6) is 0.758. The van der Waals surface area contributed by atoms with Crippen LogP contribution in [-0.2, 0) is 0 Å². The van der Waals surface area contributed by atoms with Crippen LogP contribution in [-0.4, -0.2) is 23.1 Å². The summed E-state index contributed by atoms with van der Waals surface area (Å²) in [4.78, 5) is 9.62. The van der Waals surface area contributed by atoms with Crippen molar-refractivity contribution in [3.8, 4) is 0 Å². The first-order valence-corrected chi connectivity index (χ1v) is 6.41. The third-order valence-corrected chi connectivity index (χ3v) is 3.76. The fourth-order valence-corrected chi connectivity index (χ4v) is 2.55.